The zero-order valence-electron chi connectivity index (χ0n) is 34.2. The van der Waals surface area contributed by atoms with Crippen molar-refractivity contribution in [1.82, 2.24) is 14.7 Å². The first-order valence-corrected chi connectivity index (χ1v) is 20.9. The van der Waals surface area contributed by atoms with Crippen LogP contribution in [-0.2, 0) is 56.1 Å². The Morgan fingerprint density at radius 2 is 0.964 bits per heavy atom. The van der Waals surface area contributed by atoms with Crippen molar-refractivity contribution in [2.24, 2.45) is 0 Å². The summed E-state index contributed by atoms with van der Waals surface area (Å²) in [4.78, 5) is 7.63. The van der Waals surface area contributed by atoms with Gasteiger partial charge in [-0.15, -0.1) is 0 Å². The molecule has 0 radical (unpaired) electrons. The number of unbranched alkanes of at least 4 members (excludes halogenated alkanes) is 1. The van der Waals surface area contributed by atoms with Crippen molar-refractivity contribution in [3.63, 3.8) is 0 Å². The maximum Gasteiger partial charge on any atom is 1.00 e. The van der Waals surface area contributed by atoms with Gasteiger partial charge < -0.3 is 25.7 Å². The van der Waals surface area contributed by atoms with Gasteiger partial charge >= 0.3 is 68.2 Å². The fourth-order valence-corrected chi connectivity index (χ4v) is 5.96. The Bertz CT molecular complexity index is 1380. The third-order valence-electron chi connectivity index (χ3n) is 8.63. The third-order valence-corrected chi connectivity index (χ3v) is 9.82. The number of benzene rings is 3. The van der Waals surface area contributed by atoms with Gasteiger partial charge in [0.25, 0.3) is 0 Å². The van der Waals surface area contributed by atoms with Gasteiger partial charge in [-0.05, 0) is 65.7 Å². The molecule has 3 aromatic carbocycles. The van der Waals surface area contributed by atoms with Gasteiger partial charge in [0.05, 0.1) is 39.6 Å². The largest absolute Gasteiger partial charge is 1.00 e. The number of morpholine rings is 3. The van der Waals surface area contributed by atoms with Crippen molar-refractivity contribution >= 4 is 38.6 Å². The summed E-state index contributed by atoms with van der Waals surface area (Å²) in [6.45, 7) is 20.5. The molecule has 3 aromatic rings. The number of hydrogen-bond acceptors (Lipinski definition) is 10. The predicted molar refractivity (Wildman–Crippen MR) is 215 cm³/mol. The first-order chi connectivity index (χ1) is 25.9. The van der Waals surface area contributed by atoms with Crippen LogP contribution in [0.4, 0.5) is 0 Å². The molecule has 0 saturated carbocycles. The second kappa shape index (κ2) is 38.8. The molecule has 0 spiro atoms. The molecule has 3 aliphatic rings. The van der Waals surface area contributed by atoms with Gasteiger partial charge in [0.1, 0.15) is 0 Å². The van der Waals surface area contributed by atoms with Gasteiger partial charge in [-0.3, -0.25) is 18.9 Å². The maximum atomic E-state index is 10.7. The van der Waals surface area contributed by atoms with Crippen molar-refractivity contribution in [2.75, 3.05) is 98.5 Å². The summed E-state index contributed by atoms with van der Waals surface area (Å²) >= 11 is 0.574. The van der Waals surface area contributed by atoms with E-state index in [-0.39, 0.29) is 56.6 Å². The van der Waals surface area contributed by atoms with E-state index < -0.39 is 22.7 Å². The normalized spacial score (nSPS) is 15.9. The van der Waals surface area contributed by atoms with Crippen LogP contribution < -0.4 is 56.6 Å². The Balaban J connectivity index is 0. The Labute approximate surface area is 387 Å². The van der Waals surface area contributed by atoms with Crippen molar-refractivity contribution in [3.05, 3.63) is 107 Å². The van der Waals surface area contributed by atoms with Crippen molar-refractivity contribution < 1.29 is 88.0 Å². The molecule has 56 heavy (non-hydrogen) atoms. The van der Waals surface area contributed by atoms with E-state index in [1.165, 1.54) is 23.1 Å². The van der Waals surface area contributed by atoms with Crippen molar-refractivity contribution in [1.29, 1.82) is 0 Å². The molecule has 3 heterocycles. The van der Waals surface area contributed by atoms with Gasteiger partial charge in [0.15, 0.2) is 0 Å². The van der Waals surface area contributed by atoms with Crippen LogP contribution in [0.5, 0.6) is 0 Å². The smallest absolute Gasteiger partial charge is 0.768 e. The summed E-state index contributed by atoms with van der Waals surface area (Å²) in [5, 5.41) is 0. The van der Waals surface area contributed by atoms with Crippen LogP contribution in [0.2, 0.25) is 0 Å². The average Bonchev–Trinajstić information content (AvgIpc) is 3.22. The van der Waals surface area contributed by atoms with E-state index in [1.807, 2.05) is 24.3 Å². The van der Waals surface area contributed by atoms with E-state index in [9.17, 15) is 8.76 Å². The Morgan fingerprint density at radius 1 is 0.661 bits per heavy atom. The molecular formula is C40H57BrLi3N3O7S2. The topological polar surface area (TPSA) is 112 Å². The van der Waals surface area contributed by atoms with Crippen molar-refractivity contribution in [2.45, 2.75) is 43.9 Å². The standard InChI is InChI=1S/C12H16BrNO.C12H17NO3S.C12H16NO.C4H9.3Li.O2S/c13-12-3-1-11(2-4-12)5-6-14-7-9-15-10-8-14;14-17(15)12-3-1-11(2-4-12)5-6-13-7-9-16-10-8-13;1-2-4-12(5-3-1)6-7-13-8-10-14-11-9-13;1-3-4-2;;;;1-3-2/h1-4H,5-10H2;1-4H,5-10H2,(H,14,15);2-5H,6-11H2;1,3-4H2,2H3;;;;/q;;2*-1;3*+1;/p-1. The van der Waals surface area contributed by atoms with Gasteiger partial charge in [-0.25, -0.2) is 0 Å². The molecule has 0 aromatic heterocycles. The molecule has 10 nitrogen and oxygen atoms in total. The number of ether oxygens (including phenoxy) is 3. The second-order valence-electron chi connectivity index (χ2n) is 12.4. The van der Waals surface area contributed by atoms with Gasteiger partial charge in [0, 0.05) is 68.3 Å². The minimum Gasteiger partial charge on any atom is -0.768 e. The first-order valence-electron chi connectivity index (χ1n) is 18.4. The van der Waals surface area contributed by atoms with E-state index in [2.05, 4.69) is 86.9 Å². The Morgan fingerprint density at radius 3 is 1.27 bits per heavy atom. The van der Waals surface area contributed by atoms with Crippen LogP contribution in [0.15, 0.2) is 82.2 Å². The summed E-state index contributed by atoms with van der Waals surface area (Å²) in [6, 6.07) is 26.9. The quantitative estimate of drug-likeness (QED) is 0.109. The zero-order chi connectivity index (χ0) is 38.4. The molecule has 0 bridgehead atoms. The van der Waals surface area contributed by atoms with E-state index in [0.29, 0.717) is 4.90 Å². The molecular weight excluding hydrogens is 799 g/mol. The fraction of sp³-hybridized carbons (Fsp3) is 0.525. The number of nitrogens with zero attached hydrogens (tertiary/aromatic N) is 3. The van der Waals surface area contributed by atoms with Crippen molar-refractivity contribution in [3.8, 4) is 0 Å². The molecule has 1 atom stereocenters. The molecule has 3 aliphatic heterocycles. The van der Waals surface area contributed by atoms with E-state index in [0.717, 1.165) is 129 Å². The summed E-state index contributed by atoms with van der Waals surface area (Å²) in [6.07, 6.45) is 5.49. The van der Waals surface area contributed by atoms with Gasteiger partial charge in [-0.2, -0.15) is 50.7 Å². The first kappa shape index (κ1) is 57.7. The third kappa shape index (κ3) is 28.9. The van der Waals surface area contributed by atoms with E-state index in [1.54, 1.807) is 12.1 Å². The Hall–Kier alpha value is -0.378. The molecule has 16 heteroatoms. The summed E-state index contributed by atoms with van der Waals surface area (Å²) in [5.74, 6) is 0. The minimum absolute atomic E-state index is 0. The molecule has 0 aliphatic carbocycles. The summed E-state index contributed by atoms with van der Waals surface area (Å²) < 4.78 is 55.0. The maximum absolute atomic E-state index is 10.7. The molecule has 3 saturated heterocycles. The molecule has 0 N–H and O–H groups in total. The molecule has 1 unspecified atom stereocenters. The Kier molecular flexibility index (Phi) is 40.0. The number of hydrogen-bond donors (Lipinski definition) is 0. The number of rotatable bonds is 11. The zero-order valence-corrected chi connectivity index (χ0v) is 37.4. The van der Waals surface area contributed by atoms with Crippen LogP contribution in [-0.4, -0.2) is 130 Å². The molecule has 0 amide bonds. The van der Waals surface area contributed by atoms with Gasteiger partial charge in [-0.1, -0.05) is 53.5 Å². The summed E-state index contributed by atoms with van der Waals surface area (Å²) in [5.41, 5.74) is 3.98. The van der Waals surface area contributed by atoms with Gasteiger partial charge in [0.2, 0.25) is 0 Å². The molecule has 6 rings (SSSR count). The molecule has 296 valence electrons. The minimum atomic E-state index is -2.12. The van der Waals surface area contributed by atoms with Crippen LogP contribution in [0.25, 0.3) is 0 Å². The second-order valence-corrected chi connectivity index (χ2v) is 14.4. The average molecular weight is 857 g/mol. The van der Waals surface area contributed by atoms with Crippen LogP contribution in [0.3, 0.4) is 0 Å². The predicted octanol–water partition coefficient (Wildman–Crippen LogP) is -3.55. The monoisotopic (exact) mass is 855 g/mol. The van der Waals surface area contributed by atoms with Crippen LogP contribution in [0.1, 0.15) is 36.5 Å². The number of halogens is 1. The SMILES string of the molecule is Brc1ccc(CCN2CCOCC2)cc1.O=S([O-])c1ccc(CCN2CCOCC2)cc1.O=S=O.[CH2-]CCC.[Li+].[Li+].[Li+].[c-]1ccc(CCN2CCOCC2)cc1. The molecule has 3 fully saturated rings. The van der Waals surface area contributed by atoms with Crippen LogP contribution in [0, 0.1) is 13.0 Å². The fourth-order valence-electron chi connectivity index (χ4n) is 5.34. The summed E-state index contributed by atoms with van der Waals surface area (Å²) in [7, 11) is 0. The van der Waals surface area contributed by atoms with Crippen LogP contribution >= 0.6 is 15.9 Å². The van der Waals surface area contributed by atoms with E-state index >= 15 is 0 Å². The van der Waals surface area contributed by atoms with E-state index in [4.69, 9.17) is 22.6 Å².